The maximum atomic E-state index is 13.2. The molecule has 0 aliphatic rings. The second kappa shape index (κ2) is 9.64. The van der Waals surface area contributed by atoms with E-state index in [-0.39, 0.29) is 25.5 Å². The second-order valence-electron chi connectivity index (χ2n) is 6.70. The van der Waals surface area contributed by atoms with Crippen molar-refractivity contribution in [2.75, 3.05) is 13.6 Å². The molecule has 28 heavy (non-hydrogen) atoms. The quantitative estimate of drug-likeness (QED) is 0.742. The summed E-state index contributed by atoms with van der Waals surface area (Å²) in [4.78, 5) is 38.9. The highest BCUT2D eigenvalue weighted by Crippen LogP contribution is 2.13. The van der Waals surface area contributed by atoms with Crippen molar-refractivity contribution in [1.29, 1.82) is 0 Å². The summed E-state index contributed by atoms with van der Waals surface area (Å²) >= 11 is 0. The zero-order valence-corrected chi connectivity index (χ0v) is 15.8. The van der Waals surface area contributed by atoms with Gasteiger partial charge in [-0.3, -0.25) is 14.4 Å². The van der Waals surface area contributed by atoms with E-state index in [2.05, 4.69) is 0 Å². The molecule has 6 nitrogen and oxygen atoms in total. The molecule has 2 aromatic rings. The Balaban J connectivity index is 2.18. The summed E-state index contributed by atoms with van der Waals surface area (Å²) in [7, 11) is 1.40. The minimum atomic E-state index is -1.04. The first-order valence-electron chi connectivity index (χ1n) is 8.83. The molecule has 2 aromatic carbocycles. The molecule has 1 unspecified atom stereocenters. The number of benzene rings is 2. The monoisotopic (exact) mass is 386 g/mol. The van der Waals surface area contributed by atoms with Gasteiger partial charge in [0.1, 0.15) is 5.82 Å². The highest BCUT2D eigenvalue weighted by atomic mass is 19.1. The van der Waals surface area contributed by atoms with Crippen molar-refractivity contribution in [2.24, 2.45) is 5.92 Å². The normalized spacial score (nSPS) is 11.5. The van der Waals surface area contributed by atoms with Crippen LogP contribution in [0.15, 0.2) is 54.6 Å². The zero-order valence-electron chi connectivity index (χ0n) is 15.8. The van der Waals surface area contributed by atoms with Crippen molar-refractivity contribution in [3.63, 3.8) is 0 Å². The molecule has 0 bridgehead atoms. The molecular formula is C21H23FN2O4. The van der Waals surface area contributed by atoms with E-state index < -0.39 is 23.7 Å². The maximum absolute atomic E-state index is 13.2. The number of nitrogens with zero attached hydrogens (tertiary/aromatic N) is 2. The van der Waals surface area contributed by atoms with Gasteiger partial charge in [0.05, 0.1) is 5.92 Å². The minimum absolute atomic E-state index is 0.0738. The first-order chi connectivity index (χ1) is 13.3. The van der Waals surface area contributed by atoms with E-state index in [0.717, 1.165) is 10.5 Å². The third-order valence-corrected chi connectivity index (χ3v) is 4.29. The number of carboxylic acids is 1. The van der Waals surface area contributed by atoms with Gasteiger partial charge in [0.2, 0.25) is 0 Å². The molecule has 0 aliphatic carbocycles. The fourth-order valence-electron chi connectivity index (χ4n) is 2.68. The van der Waals surface area contributed by atoms with Crippen LogP contribution in [0.5, 0.6) is 0 Å². The van der Waals surface area contributed by atoms with Gasteiger partial charge >= 0.3 is 17.8 Å². The molecule has 0 aromatic heterocycles. The van der Waals surface area contributed by atoms with Crippen LogP contribution in [-0.2, 0) is 27.5 Å². The van der Waals surface area contributed by atoms with Crippen molar-refractivity contribution in [1.82, 2.24) is 9.80 Å². The lowest BCUT2D eigenvalue weighted by molar-refractivity contribution is -0.153. The van der Waals surface area contributed by atoms with Crippen LogP contribution >= 0.6 is 0 Å². The Morgan fingerprint density at radius 3 is 2.00 bits per heavy atom. The van der Waals surface area contributed by atoms with E-state index in [1.165, 1.54) is 31.0 Å². The van der Waals surface area contributed by atoms with Crippen LogP contribution < -0.4 is 0 Å². The van der Waals surface area contributed by atoms with Gasteiger partial charge < -0.3 is 14.9 Å². The molecule has 148 valence electrons. The molecular weight excluding hydrogens is 363 g/mol. The molecule has 1 N–H and O–H groups in total. The van der Waals surface area contributed by atoms with Crippen LogP contribution in [0, 0.1) is 11.7 Å². The lowest BCUT2D eigenvalue weighted by atomic mass is 10.1. The van der Waals surface area contributed by atoms with Gasteiger partial charge in [-0.25, -0.2) is 4.39 Å². The Bertz CT molecular complexity index is 824. The smallest absolute Gasteiger partial charge is 0.312 e. The summed E-state index contributed by atoms with van der Waals surface area (Å²) in [6.07, 6.45) is 0. The first-order valence-corrected chi connectivity index (χ1v) is 8.83. The van der Waals surface area contributed by atoms with Crippen molar-refractivity contribution in [2.45, 2.75) is 20.0 Å². The summed E-state index contributed by atoms with van der Waals surface area (Å²) in [6.45, 7) is 1.72. The zero-order chi connectivity index (χ0) is 20.7. The van der Waals surface area contributed by atoms with Crippen LogP contribution in [0.25, 0.3) is 0 Å². The lowest BCUT2D eigenvalue weighted by Crippen LogP contribution is -2.45. The average Bonchev–Trinajstić information content (AvgIpc) is 2.68. The van der Waals surface area contributed by atoms with E-state index in [1.807, 2.05) is 30.3 Å². The molecule has 0 aliphatic heterocycles. The van der Waals surface area contributed by atoms with E-state index in [0.29, 0.717) is 5.56 Å². The Labute approximate surface area is 163 Å². The average molecular weight is 386 g/mol. The van der Waals surface area contributed by atoms with Gasteiger partial charge in [0, 0.05) is 26.7 Å². The van der Waals surface area contributed by atoms with Crippen LogP contribution in [0.4, 0.5) is 4.39 Å². The fourth-order valence-corrected chi connectivity index (χ4v) is 2.68. The van der Waals surface area contributed by atoms with Gasteiger partial charge in [-0.05, 0) is 23.3 Å². The second-order valence-corrected chi connectivity index (χ2v) is 6.70. The van der Waals surface area contributed by atoms with Crippen molar-refractivity contribution < 1.29 is 23.9 Å². The third kappa shape index (κ3) is 5.90. The highest BCUT2D eigenvalue weighted by Gasteiger charge is 2.27. The number of hydrogen-bond acceptors (Lipinski definition) is 3. The summed E-state index contributed by atoms with van der Waals surface area (Å²) in [5.41, 5.74) is 1.52. The molecule has 0 fully saturated rings. The molecule has 0 saturated heterocycles. The number of amides is 2. The van der Waals surface area contributed by atoms with E-state index in [4.69, 9.17) is 5.11 Å². The molecule has 2 rings (SSSR count). The fraction of sp³-hybridized carbons (Fsp3) is 0.286. The summed E-state index contributed by atoms with van der Waals surface area (Å²) in [5.74, 6) is -3.75. The Morgan fingerprint density at radius 2 is 1.46 bits per heavy atom. The number of carbonyl (C=O) groups excluding carboxylic acids is 2. The minimum Gasteiger partial charge on any atom is -0.481 e. The largest absolute Gasteiger partial charge is 0.481 e. The highest BCUT2D eigenvalue weighted by molar-refractivity contribution is 6.34. The number of likely N-dealkylation sites (N-methyl/N-ethyl adjacent to an activating group) is 1. The molecule has 0 spiro atoms. The summed E-state index contributed by atoms with van der Waals surface area (Å²) < 4.78 is 13.2. The van der Waals surface area contributed by atoms with Crippen LogP contribution in [0.1, 0.15) is 18.1 Å². The summed E-state index contributed by atoms with van der Waals surface area (Å²) in [6, 6.07) is 14.9. The number of aliphatic carboxylic acids is 1. The molecule has 1 atom stereocenters. The van der Waals surface area contributed by atoms with Crippen molar-refractivity contribution in [3.05, 3.63) is 71.5 Å². The summed E-state index contributed by atoms with van der Waals surface area (Å²) in [5, 5.41) is 9.01. The number of hydrogen-bond donors (Lipinski definition) is 1. The van der Waals surface area contributed by atoms with E-state index in [9.17, 15) is 18.8 Å². The Morgan fingerprint density at radius 1 is 0.929 bits per heavy atom. The molecule has 0 saturated carbocycles. The maximum Gasteiger partial charge on any atom is 0.312 e. The number of rotatable bonds is 7. The van der Waals surface area contributed by atoms with Crippen LogP contribution in [-0.4, -0.2) is 46.3 Å². The van der Waals surface area contributed by atoms with Gasteiger partial charge in [-0.2, -0.15) is 0 Å². The number of carboxylic acid groups (broad SMARTS) is 1. The van der Waals surface area contributed by atoms with Crippen LogP contribution in [0.3, 0.4) is 0 Å². The van der Waals surface area contributed by atoms with Crippen molar-refractivity contribution >= 4 is 17.8 Å². The predicted molar refractivity (Wildman–Crippen MR) is 102 cm³/mol. The van der Waals surface area contributed by atoms with E-state index >= 15 is 0 Å². The van der Waals surface area contributed by atoms with E-state index in [1.54, 1.807) is 12.1 Å². The lowest BCUT2D eigenvalue weighted by Gasteiger charge is -2.26. The molecule has 2 amide bonds. The topological polar surface area (TPSA) is 77.9 Å². The molecule has 0 heterocycles. The van der Waals surface area contributed by atoms with Crippen molar-refractivity contribution in [3.8, 4) is 0 Å². The third-order valence-electron chi connectivity index (χ3n) is 4.29. The Kier molecular flexibility index (Phi) is 7.26. The van der Waals surface area contributed by atoms with Gasteiger partial charge in [-0.15, -0.1) is 0 Å². The van der Waals surface area contributed by atoms with Crippen LogP contribution in [0.2, 0.25) is 0 Å². The van der Waals surface area contributed by atoms with Gasteiger partial charge in [0.25, 0.3) is 0 Å². The standard InChI is InChI=1S/C21H23FN2O4/c1-15(21(27)28)12-23(2)19(25)20(26)24(13-16-6-4-3-5-7-16)14-17-8-10-18(22)11-9-17/h3-11,15H,12-14H2,1-2H3,(H,27,28). The predicted octanol–water partition coefficient (Wildman–Crippen LogP) is 2.53. The number of carbonyl (C=O) groups is 3. The SMILES string of the molecule is CC(CN(C)C(=O)C(=O)N(Cc1ccccc1)Cc1ccc(F)cc1)C(=O)O. The molecule has 7 heteroatoms. The van der Waals surface area contributed by atoms with Gasteiger partial charge in [0.15, 0.2) is 0 Å². The van der Waals surface area contributed by atoms with Gasteiger partial charge in [-0.1, -0.05) is 49.4 Å². The first kappa shape index (κ1) is 21.1. The Hall–Kier alpha value is -3.22. The molecule has 0 radical (unpaired) electrons. The number of halogens is 1.